The van der Waals surface area contributed by atoms with Crippen LogP contribution in [-0.2, 0) is 14.8 Å². The molecular weight excluding hydrogens is 367 g/mol. The second-order valence-electron chi connectivity index (χ2n) is 5.36. The van der Waals surface area contributed by atoms with Crippen molar-refractivity contribution in [1.29, 1.82) is 0 Å². The van der Waals surface area contributed by atoms with Crippen molar-refractivity contribution in [3.05, 3.63) is 41.4 Å². The average molecular weight is 380 g/mol. The lowest BCUT2D eigenvalue weighted by Gasteiger charge is -2.33. The Balaban J connectivity index is 2.06. The molecule has 0 radical (unpaired) electrons. The van der Waals surface area contributed by atoms with Crippen molar-refractivity contribution in [1.82, 2.24) is 4.31 Å². The third-order valence-corrected chi connectivity index (χ3v) is 6.05. The summed E-state index contributed by atoms with van der Waals surface area (Å²) in [6.45, 7) is -1.23. The van der Waals surface area contributed by atoms with Crippen LogP contribution < -0.4 is 0 Å². The molecule has 2 aromatic rings. The minimum Gasteiger partial charge on any atom is -0.366 e. The average Bonchev–Trinajstić information content (AvgIpc) is 2.54. The monoisotopic (exact) mass is 379 g/mol. The SMILES string of the molecule is O=S(=O)(c1cccc2cccc(Cl)c12)N1CCO[C@H](C(F)(F)F)C1. The van der Waals surface area contributed by atoms with Gasteiger partial charge < -0.3 is 4.74 Å². The second-order valence-corrected chi connectivity index (χ2v) is 7.67. The normalized spacial score (nSPS) is 20.4. The van der Waals surface area contributed by atoms with Gasteiger partial charge in [0.25, 0.3) is 0 Å². The number of halogens is 4. The van der Waals surface area contributed by atoms with Crippen LogP contribution in [0.1, 0.15) is 0 Å². The van der Waals surface area contributed by atoms with E-state index in [4.69, 9.17) is 11.6 Å². The van der Waals surface area contributed by atoms with Gasteiger partial charge in [0, 0.05) is 23.5 Å². The van der Waals surface area contributed by atoms with Gasteiger partial charge in [0.05, 0.1) is 11.5 Å². The standard InChI is InChI=1S/C15H13ClF3NO3S/c16-11-5-1-3-10-4-2-6-12(14(10)11)24(21,22)20-7-8-23-13(9-20)15(17,18)19/h1-6,13H,7-9H2/t13-/m0/s1. The first-order valence-corrected chi connectivity index (χ1v) is 8.89. The van der Waals surface area contributed by atoms with Crippen molar-refractivity contribution in [2.75, 3.05) is 19.7 Å². The van der Waals surface area contributed by atoms with Crippen LogP contribution in [0.4, 0.5) is 13.2 Å². The molecule has 1 aliphatic rings. The van der Waals surface area contributed by atoms with Gasteiger partial charge in [0.15, 0.2) is 6.10 Å². The zero-order valence-electron chi connectivity index (χ0n) is 12.3. The fourth-order valence-corrected chi connectivity index (χ4v) is 4.66. The van der Waals surface area contributed by atoms with Crippen molar-refractivity contribution in [3.8, 4) is 0 Å². The summed E-state index contributed by atoms with van der Waals surface area (Å²) in [5.41, 5.74) is 0. The number of alkyl halides is 3. The van der Waals surface area contributed by atoms with Crippen LogP contribution in [0.3, 0.4) is 0 Å². The van der Waals surface area contributed by atoms with Crippen molar-refractivity contribution in [2.45, 2.75) is 17.2 Å². The first-order valence-electron chi connectivity index (χ1n) is 7.07. The van der Waals surface area contributed by atoms with Crippen LogP contribution in [0.25, 0.3) is 10.8 Å². The van der Waals surface area contributed by atoms with E-state index in [1.807, 2.05) is 0 Å². The van der Waals surface area contributed by atoms with Gasteiger partial charge in [-0.2, -0.15) is 17.5 Å². The van der Waals surface area contributed by atoms with E-state index in [-0.39, 0.29) is 23.1 Å². The highest BCUT2D eigenvalue weighted by molar-refractivity contribution is 7.89. The van der Waals surface area contributed by atoms with E-state index in [2.05, 4.69) is 4.74 Å². The molecular formula is C15H13ClF3NO3S. The number of ether oxygens (including phenoxy) is 1. The summed E-state index contributed by atoms with van der Waals surface area (Å²) in [6.07, 6.45) is -6.75. The third kappa shape index (κ3) is 3.11. The molecule has 1 heterocycles. The molecule has 1 fully saturated rings. The molecule has 1 aliphatic heterocycles. The van der Waals surface area contributed by atoms with Crippen molar-refractivity contribution >= 4 is 32.4 Å². The number of nitrogens with zero attached hydrogens (tertiary/aromatic N) is 1. The fourth-order valence-electron chi connectivity index (χ4n) is 2.66. The maximum atomic E-state index is 12.9. The van der Waals surface area contributed by atoms with Crippen LogP contribution in [0.2, 0.25) is 5.02 Å². The predicted molar refractivity (Wildman–Crippen MR) is 83.5 cm³/mol. The lowest BCUT2D eigenvalue weighted by Crippen LogP contribution is -2.51. The van der Waals surface area contributed by atoms with Crippen molar-refractivity contribution in [3.63, 3.8) is 0 Å². The van der Waals surface area contributed by atoms with Crippen molar-refractivity contribution < 1.29 is 26.3 Å². The van der Waals surface area contributed by atoms with Crippen LogP contribution in [0.5, 0.6) is 0 Å². The molecule has 4 nitrogen and oxygen atoms in total. The molecule has 0 N–H and O–H groups in total. The second kappa shape index (κ2) is 6.18. The molecule has 1 saturated heterocycles. The molecule has 0 saturated carbocycles. The quantitative estimate of drug-likeness (QED) is 0.803. The Bertz CT molecular complexity index is 865. The number of hydrogen-bond donors (Lipinski definition) is 0. The fraction of sp³-hybridized carbons (Fsp3) is 0.333. The Morgan fingerprint density at radius 1 is 1.17 bits per heavy atom. The summed E-state index contributed by atoms with van der Waals surface area (Å²) < 4.78 is 69.8. The van der Waals surface area contributed by atoms with Crippen LogP contribution in [0.15, 0.2) is 41.3 Å². The first kappa shape index (κ1) is 17.5. The molecule has 0 aliphatic carbocycles. The molecule has 0 aromatic heterocycles. The van der Waals surface area contributed by atoms with Gasteiger partial charge >= 0.3 is 6.18 Å². The summed E-state index contributed by atoms with van der Waals surface area (Å²) in [7, 11) is -4.14. The lowest BCUT2D eigenvalue weighted by atomic mass is 10.1. The molecule has 130 valence electrons. The Labute approximate surface area is 141 Å². The summed E-state index contributed by atoms with van der Waals surface area (Å²) >= 11 is 6.12. The molecule has 3 rings (SSSR count). The maximum Gasteiger partial charge on any atom is 0.415 e. The summed E-state index contributed by atoms with van der Waals surface area (Å²) in [5, 5.41) is 1.13. The smallest absolute Gasteiger partial charge is 0.366 e. The molecule has 0 amide bonds. The minimum absolute atomic E-state index is 0.103. The number of hydrogen-bond acceptors (Lipinski definition) is 3. The van der Waals surface area contributed by atoms with Crippen molar-refractivity contribution in [2.24, 2.45) is 0 Å². The van der Waals surface area contributed by atoms with Gasteiger partial charge in [-0.25, -0.2) is 8.42 Å². The van der Waals surface area contributed by atoms with E-state index >= 15 is 0 Å². The van der Waals surface area contributed by atoms with E-state index in [1.165, 1.54) is 12.1 Å². The van der Waals surface area contributed by atoms with Crippen LogP contribution in [0, 0.1) is 0 Å². The number of benzene rings is 2. The summed E-state index contributed by atoms with van der Waals surface area (Å²) in [5.74, 6) is 0. The van der Waals surface area contributed by atoms with Crippen LogP contribution in [-0.4, -0.2) is 44.7 Å². The highest BCUT2D eigenvalue weighted by atomic mass is 35.5. The molecule has 1 atom stereocenters. The topological polar surface area (TPSA) is 46.6 Å². The minimum atomic E-state index is -4.62. The van der Waals surface area contributed by atoms with Crippen LogP contribution >= 0.6 is 11.6 Å². The molecule has 0 unspecified atom stereocenters. The molecule has 0 spiro atoms. The van der Waals surface area contributed by atoms with E-state index in [1.54, 1.807) is 24.3 Å². The molecule has 9 heteroatoms. The number of morpholine rings is 1. The largest absolute Gasteiger partial charge is 0.415 e. The zero-order valence-corrected chi connectivity index (χ0v) is 13.8. The first-order chi connectivity index (χ1) is 11.2. The maximum absolute atomic E-state index is 12.9. The summed E-state index contributed by atoms with van der Waals surface area (Å²) in [4.78, 5) is -0.103. The summed E-state index contributed by atoms with van der Waals surface area (Å²) in [6, 6.07) is 9.49. The van der Waals surface area contributed by atoms with E-state index in [0.717, 1.165) is 4.31 Å². The van der Waals surface area contributed by atoms with Gasteiger partial charge in [0.1, 0.15) is 0 Å². The molecule has 0 bridgehead atoms. The van der Waals surface area contributed by atoms with Gasteiger partial charge in [-0.1, -0.05) is 35.9 Å². The van der Waals surface area contributed by atoms with Gasteiger partial charge in [-0.3, -0.25) is 0 Å². The van der Waals surface area contributed by atoms with Gasteiger partial charge in [0.2, 0.25) is 10.0 Å². The highest BCUT2D eigenvalue weighted by Crippen LogP contribution is 2.33. The molecule has 24 heavy (non-hydrogen) atoms. The van der Waals surface area contributed by atoms with Gasteiger partial charge in [-0.05, 0) is 17.5 Å². The Kier molecular flexibility index (Phi) is 4.50. The Morgan fingerprint density at radius 2 is 1.83 bits per heavy atom. The zero-order chi connectivity index (χ0) is 17.5. The number of sulfonamides is 1. The van der Waals surface area contributed by atoms with E-state index in [0.29, 0.717) is 10.8 Å². The lowest BCUT2D eigenvalue weighted by molar-refractivity contribution is -0.231. The Morgan fingerprint density at radius 3 is 2.50 bits per heavy atom. The predicted octanol–water partition coefficient (Wildman–Crippen LogP) is 3.45. The van der Waals surface area contributed by atoms with E-state index < -0.39 is 28.8 Å². The third-order valence-electron chi connectivity index (χ3n) is 3.83. The molecule has 2 aromatic carbocycles. The van der Waals surface area contributed by atoms with E-state index in [9.17, 15) is 21.6 Å². The number of rotatable bonds is 2. The van der Waals surface area contributed by atoms with Gasteiger partial charge in [-0.15, -0.1) is 0 Å². The highest BCUT2D eigenvalue weighted by Gasteiger charge is 2.46. The number of fused-ring (bicyclic) bond motifs is 1. The Hall–Kier alpha value is -1.35.